The molecule has 0 spiro atoms. The van der Waals surface area contributed by atoms with Crippen molar-refractivity contribution in [1.29, 1.82) is 0 Å². The van der Waals surface area contributed by atoms with Crippen LogP contribution >= 0.6 is 0 Å². The van der Waals surface area contributed by atoms with Gasteiger partial charge in [0.1, 0.15) is 0 Å². The average molecular weight is 142 g/mol. The molecule has 0 aliphatic carbocycles. The lowest BCUT2D eigenvalue weighted by atomic mass is 10.0. The van der Waals surface area contributed by atoms with Gasteiger partial charge in [-0.05, 0) is 13.0 Å². The SMILES string of the molecule is C1CNCC2NCC2OC1. The first-order valence-corrected chi connectivity index (χ1v) is 4.02. The van der Waals surface area contributed by atoms with E-state index < -0.39 is 0 Å². The zero-order valence-electron chi connectivity index (χ0n) is 6.10. The van der Waals surface area contributed by atoms with E-state index in [0.29, 0.717) is 12.1 Å². The Balaban J connectivity index is 1.83. The molecular formula is C7H14N2O. The van der Waals surface area contributed by atoms with Crippen LogP contribution in [-0.2, 0) is 4.74 Å². The molecule has 10 heavy (non-hydrogen) atoms. The van der Waals surface area contributed by atoms with E-state index in [9.17, 15) is 0 Å². The molecule has 2 atom stereocenters. The monoisotopic (exact) mass is 142 g/mol. The Labute approximate surface area is 61.1 Å². The fourth-order valence-electron chi connectivity index (χ4n) is 1.45. The highest BCUT2D eigenvalue weighted by atomic mass is 16.5. The first kappa shape index (κ1) is 6.58. The number of rotatable bonds is 0. The Kier molecular flexibility index (Phi) is 1.88. The number of hydrogen-bond donors (Lipinski definition) is 2. The highest BCUT2D eigenvalue weighted by Crippen LogP contribution is 2.09. The fraction of sp³-hybridized carbons (Fsp3) is 1.00. The Bertz CT molecular complexity index is 104. The van der Waals surface area contributed by atoms with E-state index in [1.54, 1.807) is 0 Å². The number of ether oxygens (including phenoxy) is 1. The zero-order chi connectivity index (χ0) is 6.81. The van der Waals surface area contributed by atoms with Gasteiger partial charge in [-0.3, -0.25) is 0 Å². The van der Waals surface area contributed by atoms with Crippen molar-refractivity contribution >= 4 is 0 Å². The molecule has 2 N–H and O–H groups in total. The predicted molar refractivity (Wildman–Crippen MR) is 39.0 cm³/mol. The number of hydrogen-bond acceptors (Lipinski definition) is 3. The molecule has 0 bridgehead atoms. The Morgan fingerprint density at radius 2 is 2.30 bits per heavy atom. The van der Waals surface area contributed by atoms with Gasteiger partial charge in [0.05, 0.1) is 6.10 Å². The van der Waals surface area contributed by atoms with Crippen molar-refractivity contribution in [2.75, 3.05) is 26.2 Å². The molecule has 58 valence electrons. The van der Waals surface area contributed by atoms with E-state index in [4.69, 9.17) is 4.74 Å². The van der Waals surface area contributed by atoms with Gasteiger partial charge in [0.25, 0.3) is 0 Å². The lowest BCUT2D eigenvalue weighted by Crippen LogP contribution is -2.63. The number of fused-ring (bicyclic) bond motifs is 1. The maximum absolute atomic E-state index is 5.58. The van der Waals surface area contributed by atoms with E-state index in [1.807, 2.05) is 0 Å². The second-order valence-corrected chi connectivity index (χ2v) is 2.98. The summed E-state index contributed by atoms with van der Waals surface area (Å²) in [5, 5.41) is 6.70. The fourth-order valence-corrected chi connectivity index (χ4v) is 1.45. The molecule has 3 heteroatoms. The van der Waals surface area contributed by atoms with E-state index in [2.05, 4.69) is 10.6 Å². The molecule has 2 rings (SSSR count). The molecule has 0 aromatic heterocycles. The van der Waals surface area contributed by atoms with Crippen LogP contribution in [0, 0.1) is 0 Å². The second kappa shape index (κ2) is 2.86. The molecule has 0 aromatic rings. The van der Waals surface area contributed by atoms with Gasteiger partial charge < -0.3 is 15.4 Å². The molecule has 2 aliphatic rings. The summed E-state index contributed by atoms with van der Waals surface area (Å²) in [5.74, 6) is 0. The van der Waals surface area contributed by atoms with Crippen molar-refractivity contribution in [3.63, 3.8) is 0 Å². The minimum absolute atomic E-state index is 0.493. The van der Waals surface area contributed by atoms with Crippen molar-refractivity contribution in [3.05, 3.63) is 0 Å². The van der Waals surface area contributed by atoms with Gasteiger partial charge in [-0.15, -0.1) is 0 Å². The van der Waals surface area contributed by atoms with Gasteiger partial charge in [0.2, 0.25) is 0 Å². The van der Waals surface area contributed by atoms with Crippen LogP contribution in [0.15, 0.2) is 0 Å². The topological polar surface area (TPSA) is 33.3 Å². The lowest BCUT2D eigenvalue weighted by Gasteiger charge is -2.39. The van der Waals surface area contributed by atoms with Crippen LogP contribution in [0.1, 0.15) is 6.42 Å². The summed E-state index contributed by atoms with van der Waals surface area (Å²) >= 11 is 0. The van der Waals surface area contributed by atoms with Gasteiger partial charge in [-0.1, -0.05) is 0 Å². The first-order valence-electron chi connectivity index (χ1n) is 4.02. The van der Waals surface area contributed by atoms with Crippen LogP contribution < -0.4 is 10.6 Å². The standard InChI is InChI=1S/C7H14N2O/c1-2-8-4-6-7(5-9-6)10-3-1/h6-9H,1-5H2. The van der Waals surface area contributed by atoms with Crippen molar-refractivity contribution in [1.82, 2.24) is 10.6 Å². The minimum Gasteiger partial charge on any atom is -0.375 e. The number of nitrogens with one attached hydrogen (secondary N) is 2. The van der Waals surface area contributed by atoms with Crippen molar-refractivity contribution in [3.8, 4) is 0 Å². The summed E-state index contributed by atoms with van der Waals surface area (Å²) in [5.41, 5.74) is 0. The summed E-state index contributed by atoms with van der Waals surface area (Å²) in [6.07, 6.45) is 1.65. The summed E-state index contributed by atoms with van der Waals surface area (Å²) in [7, 11) is 0. The smallest absolute Gasteiger partial charge is 0.0864 e. The molecule has 2 unspecified atom stereocenters. The van der Waals surface area contributed by atoms with Gasteiger partial charge in [-0.25, -0.2) is 0 Å². The normalized spacial score (nSPS) is 40.8. The van der Waals surface area contributed by atoms with Crippen LogP contribution in [0.5, 0.6) is 0 Å². The minimum atomic E-state index is 0.493. The highest BCUT2D eigenvalue weighted by molar-refractivity contribution is 4.91. The second-order valence-electron chi connectivity index (χ2n) is 2.98. The molecule has 0 saturated carbocycles. The van der Waals surface area contributed by atoms with Crippen LogP contribution in [0.4, 0.5) is 0 Å². The molecule has 0 amide bonds. The van der Waals surface area contributed by atoms with Gasteiger partial charge >= 0.3 is 0 Å². The maximum Gasteiger partial charge on any atom is 0.0864 e. The van der Waals surface area contributed by atoms with E-state index in [-0.39, 0.29) is 0 Å². The van der Waals surface area contributed by atoms with Gasteiger partial charge in [0.15, 0.2) is 0 Å². The summed E-state index contributed by atoms with van der Waals surface area (Å²) in [4.78, 5) is 0. The van der Waals surface area contributed by atoms with E-state index >= 15 is 0 Å². The predicted octanol–water partition coefficient (Wildman–Crippen LogP) is -0.663. The molecule has 2 fully saturated rings. The molecule has 2 aliphatic heterocycles. The first-order chi connectivity index (χ1) is 4.97. The van der Waals surface area contributed by atoms with Crippen LogP contribution in [0.2, 0.25) is 0 Å². The van der Waals surface area contributed by atoms with Gasteiger partial charge in [-0.2, -0.15) is 0 Å². The Hall–Kier alpha value is -0.120. The van der Waals surface area contributed by atoms with E-state index in [1.165, 1.54) is 0 Å². The van der Waals surface area contributed by atoms with Gasteiger partial charge in [0, 0.05) is 25.7 Å². The van der Waals surface area contributed by atoms with Crippen LogP contribution in [0.25, 0.3) is 0 Å². The largest absolute Gasteiger partial charge is 0.375 e. The quantitative estimate of drug-likeness (QED) is 0.471. The Morgan fingerprint density at radius 1 is 1.30 bits per heavy atom. The lowest BCUT2D eigenvalue weighted by molar-refractivity contribution is -0.0253. The summed E-state index contributed by atoms with van der Waals surface area (Å²) in [6, 6.07) is 0.584. The zero-order valence-corrected chi connectivity index (χ0v) is 6.10. The molecule has 0 aromatic carbocycles. The summed E-state index contributed by atoms with van der Waals surface area (Å²) < 4.78 is 5.58. The third kappa shape index (κ3) is 1.17. The van der Waals surface area contributed by atoms with Crippen molar-refractivity contribution in [2.45, 2.75) is 18.6 Å². The highest BCUT2D eigenvalue weighted by Gasteiger charge is 2.30. The molecule has 2 heterocycles. The molecule has 0 radical (unpaired) electrons. The molecule has 3 nitrogen and oxygen atoms in total. The van der Waals surface area contributed by atoms with E-state index in [0.717, 1.165) is 32.7 Å². The summed E-state index contributed by atoms with van der Waals surface area (Å²) in [6.45, 7) is 4.15. The average Bonchev–Trinajstić information content (AvgIpc) is 1.89. The van der Waals surface area contributed by atoms with Crippen molar-refractivity contribution in [2.24, 2.45) is 0 Å². The Morgan fingerprint density at radius 3 is 3.10 bits per heavy atom. The maximum atomic E-state index is 5.58. The van der Waals surface area contributed by atoms with Crippen molar-refractivity contribution < 1.29 is 4.74 Å². The van der Waals surface area contributed by atoms with Crippen LogP contribution in [-0.4, -0.2) is 38.4 Å². The molecular weight excluding hydrogens is 128 g/mol. The third-order valence-electron chi connectivity index (χ3n) is 2.22. The third-order valence-corrected chi connectivity index (χ3v) is 2.22. The molecule has 2 saturated heterocycles. The van der Waals surface area contributed by atoms with Crippen LogP contribution in [0.3, 0.4) is 0 Å².